The highest BCUT2D eigenvalue weighted by Gasteiger charge is 2.50. The number of hydrogen-bond donors (Lipinski definition) is 0. The number of alkyl halides is 1. The third-order valence-electron chi connectivity index (χ3n) is 2.20. The van der Waals surface area contributed by atoms with Crippen LogP contribution in [0.2, 0.25) is 0 Å². The third-order valence-corrected chi connectivity index (χ3v) is 2.20. The van der Waals surface area contributed by atoms with Gasteiger partial charge in [-0.25, -0.2) is 8.78 Å². The Hall–Kier alpha value is -1.25. The Morgan fingerprint density at radius 3 is 2.23 bits per heavy atom. The van der Waals surface area contributed by atoms with Crippen LogP contribution in [0.5, 0.6) is 0 Å². The lowest BCUT2D eigenvalue weighted by Crippen LogP contribution is -2.16. The molecule has 0 spiro atoms. The summed E-state index contributed by atoms with van der Waals surface area (Å²) in [7, 11) is 0. The maximum atomic E-state index is 13.2. The number of halogens is 2. The first-order chi connectivity index (χ1) is 6.12. The van der Waals surface area contributed by atoms with Crippen LogP contribution in [0.25, 0.3) is 0 Å². The molecule has 0 aliphatic heterocycles. The summed E-state index contributed by atoms with van der Waals surface area (Å²) in [6.45, 7) is 0. The van der Waals surface area contributed by atoms with E-state index >= 15 is 0 Å². The molecule has 0 saturated heterocycles. The van der Waals surface area contributed by atoms with Gasteiger partial charge >= 0.3 is 0 Å². The van der Waals surface area contributed by atoms with E-state index in [9.17, 15) is 13.6 Å². The Labute approximate surface area is 74.4 Å². The second kappa shape index (κ2) is 2.62. The van der Waals surface area contributed by atoms with Gasteiger partial charge in [-0.3, -0.25) is 4.79 Å². The van der Waals surface area contributed by atoms with Crippen LogP contribution in [-0.4, -0.2) is 11.5 Å². The second-order valence-corrected chi connectivity index (χ2v) is 3.30. The first-order valence-corrected chi connectivity index (χ1v) is 4.11. The maximum absolute atomic E-state index is 13.2. The fourth-order valence-electron chi connectivity index (χ4n) is 1.20. The van der Waals surface area contributed by atoms with Crippen LogP contribution in [-0.2, 0) is 0 Å². The van der Waals surface area contributed by atoms with Crippen molar-refractivity contribution >= 4 is 5.78 Å². The van der Waals surface area contributed by atoms with Crippen molar-refractivity contribution in [1.29, 1.82) is 0 Å². The van der Waals surface area contributed by atoms with E-state index in [1.807, 2.05) is 0 Å². The molecule has 1 aromatic rings. The molecule has 3 heteroatoms. The molecule has 0 unspecified atom stereocenters. The molecule has 0 amide bonds. The standard InChI is InChI=1S/C10H8F2O/c11-8-3-1-7(2-4-8)9(13)10(12)5-6-10/h1-4H,5-6H2. The van der Waals surface area contributed by atoms with E-state index in [1.165, 1.54) is 24.3 Å². The van der Waals surface area contributed by atoms with E-state index < -0.39 is 17.3 Å². The van der Waals surface area contributed by atoms with Gasteiger partial charge in [0, 0.05) is 5.56 Å². The van der Waals surface area contributed by atoms with E-state index in [2.05, 4.69) is 0 Å². The van der Waals surface area contributed by atoms with Crippen molar-refractivity contribution in [3.8, 4) is 0 Å². The summed E-state index contributed by atoms with van der Waals surface area (Å²) in [5, 5.41) is 0. The van der Waals surface area contributed by atoms with Crippen molar-refractivity contribution in [2.45, 2.75) is 18.5 Å². The highest BCUT2D eigenvalue weighted by molar-refractivity contribution is 6.04. The van der Waals surface area contributed by atoms with Gasteiger partial charge in [0.2, 0.25) is 0 Å². The lowest BCUT2D eigenvalue weighted by atomic mass is 10.1. The average Bonchev–Trinajstić information content (AvgIpc) is 2.85. The summed E-state index contributed by atoms with van der Waals surface area (Å²) in [5.41, 5.74) is -1.40. The van der Waals surface area contributed by atoms with Gasteiger partial charge in [0.15, 0.2) is 11.5 Å². The Bertz CT molecular complexity index is 338. The maximum Gasteiger partial charge on any atom is 0.199 e. The lowest BCUT2D eigenvalue weighted by molar-refractivity contribution is 0.0850. The van der Waals surface area contributed by atoms with Crippen LogP contribution >= 0.6 is 0 Å². The van der Waals surface area contributed by atoms with Crippen LogP contribution in [0.1, 0.15) is 23.2 Å². The number of benzene rings is 1. The summed E-state index contributed by atoms with van der Waals surface area (Å²) in [4.78, 5) is 11.3. The first kappa shape index (κ1) is 8.35. The molecule has 1 nitrogen and oxygen atoms in total. The lowest BCUT2D eigenvalue weighted by Gasteiger charge is -2.02. The molecule has 0 bridgehead atoms. The molecular formula is C10H8F2O. The number of carbonyl (C=O) groups is 1. The van der Waals surface area contributed by atoms with Gasteiger partial charge in [-0.1, -0.05) is 0 Å². The van der Waals surface area contributed by atoms with Gasteiger partial charge in [0.05, 0.1) is 0 Å². The molecule has 1 fully saturated rings. The Balaban J connectivity index is 2.26. The minimum Gasteiger partial charge on any atom is -0.291 e. The van der Waals surface area contributed by atoms with Crippen LogP contribution in [0.4, 0.5) is 8.78 Å². The largest absolute Gasteiger partial charge is 0.291 e. The average molecular weight is 182 g/mol. The molecule has 0 heterocycles. The fourth-order valence-corrected chi connectivity index (χ4v) is 1.20. The monoisotopic (exact) mass is 182 g/mol. The van der Waals surface area contributed by atoms with E-state index in [1.54, 1.807) is 0 Å². The number of rotatable bonds is 2. The molecule has 13 heavy (non-hydrogen) atoms. The van der Waals surface area contributed by atoms with E-state index in [4.69, 9.17) is 0 Å². The molecule has 2 rings (SSSR count). The van der Waals surface area contributed by atoms with Gasteiger partial charge in [-0.2, -0.15) is 0 Å². The first-order valence-electron chi connectivity index (χ1n) is 4.11. The minimum atomic E-state index is -1.65. The van der Waals surface area contributed by atoms with Crippen molar-refractivity contribution in [3.05, 3.63) is 35.6 Å². The summed E-state index contributed by atoms with van der Waals surface area (Å²) in [6, 6.07) is 4.96. The van der Waals surface area contributed by atoms with Crippen molar-refractivity contribution in [3.63, 3.8) is 0 Å². The highest BCUT2D eigenvalue weighted by Crippen LogP contribution is 2.42. The van der Waals surface area contributed by atoms with Crippen molar-refractivity contribution in [2.24, 2.45) is 0 Å². The molecular weight excluding hydrogens is 174 g/mol. The minimum absolute atomic E-state index is 0.251. The molecule has 1 aromatic carbocycles. The molecule has 0 radical (unpaired) electrons. The molecule has 1 aliphatic carbocycles. The van der Waals surface area contributed by atoms with E-state index in [0.29, 0.717) is 12.8 Å². The number of carbonyl (C=O) groups excluding carboxylic acids is 1. The van der Waals surface area contributed by atoms with Gasteiger partial charge < -0.3 is 0 Å². The number of Topliss-reactive ketones (excluding diaryl/α,β-unsaturated/α-hetero) is 1. The predicted molar refractivity (Wildman–Crippen MR) is 43.8 cm³/mol. The molecule has 0 N–H and O–H groups in total. The zero-order chi connectivity index (χ0) is 9.47. The SMILES string of the molecule is O=C(c1ccc(F)cc1)C1(F)CC1. The van der Waals surface area contributed by atoms with Gasteiger partial charge in [-0.15, -0.1) is 0 Å². The van der Waals surface area contributed by atoms with E-state index in [0.717, 1.165) is 0 Å². The van der Waals surface area contributed by atoms with Crippen LogP contribution < -0.4 is 0 Å². The van der Waals surface area contributed by atoms with Crippen molar-refractivity contribution in [2.75, 3.05) is 0 Å². The second-order valence-electron chi connectivity index (χ2n) is 3.30. The Morgan fingerprint density at radius 1 is 1.23 bits per heavy atom. The summed E-state index contributed by atoms with van der Waals surface area (Å²) in [6.07, 6.45) is 0.590. The predicted octanol–water partition coefficient (Wildman–Crippen LogP) is 2.51. The van der Waals surface area contributed by atoms with Crippen molar-refractivity contribution in [1.82, 2.24) is 0 Å². The van der Waals surface area contributed by atoms with E-state index in [-0.39, 0.29) is 5.56 Å². The highest BCUT2D eigenvalue weighted by atomic mass is 19.1. The van der Waals surface area contributed by atoms with Gasteiger partial charge in [-0.05, 0) is 37.1 Å². The van der Waals surface area contributed by atoms with Gasteiger partial charge in [0.25, 0.3) is 0 Å². The Kier molecular flexibility index (Phi) is 1.68. The topological polar surface area (TPSA) is 17.1 Å². The number of ketones is 1. The Morgan fingerprint density at radius 2 is 1.77 bits per heavy atom. The van der Waals surface area contributed by atoms with Crippen LogP contribution in [0.3, 0.4) is 0 Å². The van der Waals surface area contributed by atoms with Crippen molar-refractivity contribution < 1.29 is 13.6 Å². The smallest absolute Gasteiger partial charge is 0.199 e. The fraction of sp³-hybridized carbons (Fsp3) is 0.300. The quantitative estimate of drug-likeness (QED) is 0.642. The molecule has 0 aromatic heterocycles. The molecule has 1 saturated carbocycles. The van der Waals surface area contributed by atoms with Gasteiger partial charge in [0.1, 0.15) is 5.82 Å². The summed E-state index contributed by atoms with van der Waals surface area (Å²) in [5.74, 6) is -0.937. The zero-order valence-electron chi connectivity index (χ0n) is 6.89. The zero-order valence-corrected chi connectivity index (χ0v) is 6.89. The normalized spacial score (nSPS) is 18.3. The number of hydrogen-bond acceptors (Lipinski definition) is 1. The summed E-state index contributed by atoms with van der Waals surface area (Å²) < 4.78 is 25.7. The summed E-state index contributed by atoms with van der Waals surface area (Å²) >= 11 is 0. The van der Waals surface area contributed by atoms with Crippen LogP contribution in [0.15, 0.2) is 24.3 Å². The van der Waals surface area contributed by atoms with Crippen LogP contribution in [0, 0.1) is 5.82 Å². The third kappa shape index (κ3) is 1.46. The molecule has 1 aliphatic rings. The molecule has 68 valence electrons. The molecule has 0 atom stereocenters.